The van der Waals surface area contributed by atoms with E-state index in [1.807, 2.05) is 0 Å². The van der Waals surface area contributed by atoms with Crippen molar-refractivity contribution in [1.82, 2.24) is 0 Å². The summed E-state index contributed by atoms with van der Waals surface area (Å²) in [5, 5.41) is 30.0. The summed E-state index contributed by atoms with van der Waals surface area (Å²) in [6, 6.07) is 2.94. The Morgan fingerprint density at radius 2 is 2.06 bits per heavy atom. The fourth-order valence-corrected chi connectivity index (χ4v) is 1.53. The number of nitrogens with zero attached hydrogens (tertiary/aromatic N) is 1. The number of aliphatic hydroxyl groups excluding tert-OH is 3. The third-order valence-electron chi connectivity index (χ3n) is 2.42. The van der Waals surface area contributed by atoms with E-state index in [4.69, 9.17) is 14.9 Å². The first-order chi connectivity index (χ1) is 8.15. The predicted molar refractivity (Wildman–Crippen MR) is 61.2 cm³/mol. The van der Waals surface area contributed by atoms with Gasteiger partial charge in [0, 0.05) is 12.0 Å². The van der Waals surface area contributed by atoms with Crippen LogP contribution in [-0.2, 0) is 13.0 Å². The van der Waals surface area contributed by atoms with E-state index in [1.54, 1.807) is 0 Å². The number of rotatable bonds is 6. The van der Waals surface area contributed by atoms with Gasteiger partial charge < -0.3 is 20.1 Å². The predicted octanol–water partition coefficient (Wildman–Crippen LogP) is 0.481. The van der Waals surface area contributed by atoms with Gasteiger partial charge in [0.1, 0.15) is 11.4 Å². The highest BCUT2D eigenvalue weighted by molar-refractivity contribution is 5.54. The monoisotopic (exact) mass is 241 g/mol. The number of hydrogen-bond donors (Lipinski definition) is 3. The zero-order chi connectivity index (χ0) is 12.8. The van der Waals surface area contributed by atoms with Crippen LogP contribution in [0, 0.1) is 4.91 Å². The Hall–Kier alpha value is -1.50. The van der Waals surface area contributed by atoms with E-state index < -0.39 is 6.10 Å². The molecule has 1 aromatic rings. The summed E-state index contributed by atoms with van der Waals surface area (Å²) < 4.78 is 5.09. The lowest BCUT2D eigenvalue weighted by Gasteiger charge is -2.13. The molecular weight excluding hydrogens is 226 g/mol. The number of ether oxygens (including phenoxy) is 1. The zero-order valence-electron chi connectivity index (χ0n) is 9.46. The van der Waals surface area contributed by atoms with E-state index in [9.17, 15) is 10.0 Å². The quantitative estimate of drug-likeness (QED) is 0.629. The van der Waals surface area contributed by atoms with Gasteiger partial charge in [0.2, 0.25) is 0 Å². The van der Waals surface area contributed by atoms with E-state index >= 15 is 0 Å². The highest BCUT2D eigenvalue weighted by atomic mass is 16.5. The summed E-state index contributed by atoms with van der Waals surface area (Å²) in [7, 11) is 1.44. The van der Waals surface area contributed by atoms with Crippen LogP contribution in [-0.4, -0.2) is 35.1 Å². The first kappa shape index (κ1) is 13.6. The lowest BCUT2D eigenvalue weighted by Crippen LogP contribution is -2.15. The molecule has 1 atom stereocenters. The van der Waals surface area contributed by atoms with Crippen molar-refractivity contribution in [3.05, 3.63) is 28.2 Å². The molecule has 6 heteroatoms. The van der Waals surface area contributed by atoms with Gasteiger partial charge in [-0.15, -0.1) is 4.91 Å². The summed E-state index contributed by atoms with van der Waals surface area (Å²) >= 11 is 0. The lowest BCUT2D eigenvalue weighted by molar-refractivity contribution is 0.0950. The second-order valence-electron chi connectivity index (χ2n) is 3.58. The van der Waals surface area contributed by atoms with Crippen molar-refractivity contribution < 1.29 is 20.1 Å². The van der Waals surface area contributed by atoms with Gasteiger partial charge in [0.05, 0.1) is 26.4 Å². The Bertz CT molecular complexity index is 394. The first-order valence-electron chi connectivity index (χ1n) is 5.09. The van der Waals surface area contributed by atoms with Crippen molar-refractivity contribution in [3.63, 3.8) is 0 Å². The molecular formula is C11H15NO5. The van der Waals surface area contributed by atoms with Crippen LogP contribution in [0.4, 0.5) is 5.69 Å². The van der Waals surface area contributed by atoms with Crippen LogP contribution in [0.15, 0.2) is 17.3 Å². The number of methoxy groups -OCH3 is 1. The summed E-state index contributed by atoms with van der Waals surface area (Å²) in [6.07, 6.45) is -0.781. The van der Waals surface area contributed by atoms with E-state index in [1.165, 1.54) is 19.2 Å². The number of nitroso groups, excluding NO2 is 1. The summed E-state index contributed by atoms with van der Waals surface area (Å²) in [5.74, 6) is 0.439. The summed E-state index contributed by atoms with van der Waals surface area (Å²) in [6.45, 7) is -0.699. The number of aliphatic hydroxyl groups is 3. The van der Waals surface area contributed by atoms with Crippen LogP contribution in [0.3, 0.4) is 0 Å². The van der Waals surface area contributed by atoms with E-state index in [-0.39, 0.29) is 25.3 Å². The molecule has 1 unspecified atom stereocenters. The number of benzene rings is 1. The molecule has 0 spiro atoms. The van der Waals surface area contributed by atoms with E-state index in [0.717, 1.165) is 0 Å². The third-order valence-corrected chi connectivity index (χ3v) is 2.42. The molecule has 1 aromatic carbocycles. The molecule has 0 saturated carbocycles. The van der Waals surface area contributed by atoms with Crippen LogP contribution in [0.2, 0.25) is 0 Å². The first-order valence-corrected chi connectivity index (χ1v) is 5.09. The maximum absolute atomic E-state index is 10.6. The highest BCUT2D eigenvalue weighted by Gasteiger charge is 2.13. The minimum absolute atomic E-state index is 0.105. The van der Waals surface area contributed by atoms with Gasteiger partial charge in [0.15, 0.2) is 0 Å². The Balaban J connectivity index is 3.14. The molecule has 3 N–H and O–H groups in total. The molecule has 0 saturated heterocycles. The Kier molecular flexibility index (Phi) is 5.02. The fourth-order valence-electron chi connectivity index (χ4n) is 1.53. The van der Waals surface area contributed by atoms with Crippen molar-refractivity contribution in [3.8, 4) is 5.75 Å². The Morgan fingerprint density at radius 3 is 2.53 bits per heavy atom. The van der Waals surface area contributed by atoms with Gasteiger partial charge in [-0.25, -0.2) is 0 Å². The third kappa shape index (κ3) is 3.23. The van der Waals surface area contributed by atoms with Crippen molar-refractivity contribution >= 4 is 5.69 Å². The fraction of sp³-hybridized carbons (Fsp3) is 0.455. The molecule has 0 amide bonds. The van der Waals surface area contributed by atoms with Crippen molar-refractivity contribution in [1.29, 1.82) is 0 Å². The summed E-state index contributed by atoms with van der Waals surface area (Å²) in [4.78, 5) is 10.6. The zero-order valence-corrected chi connectivity index (χ0v) is 9.46. The topological polar surface area (TPSA) is 99.4 Å². The molecule has 0 heterocycles. The average molecular weight is 241 g/mol. The standard InChI is InChI=1S/C11H15NO5/c1-17-11-4-8(5-13)10(12-16)3-7(11)2-9(15)6-14/h3-4,9,13-15H,2,5-6H2,1H3. The molecule has 1 rings (SSSR count). The van der Waals surface area contributed by atoms with Gasteiger partial charge in [0.25, 0.3) is 0 Å². The van der Waals surface area contributed by atoms with Crippen LogP contribution < -0.4 is 4.74 Å². The molecule has 94 valence electrons. The largest absolute Gasteiger partial charge is 0.496 e. The van der Waals surface area contributed by atoms with Gasteiger partial charge in [-0.1, -0.05) is 0 Å². The maximum Gasteiger partial charge on any atom is 0.122 e. The van der Waals surface area contributed by atoms with Crippen molar-refractivity contribution in [2.24, 2.45) is 5.18 Å². The SMILES string of the molecule is COc1cc(CO)c(N=O)cc1CC(O)CO. The Labute approximate surface area is 98.4 Å². The molecule has 0 aromatic heterocycles. The molecule has 0 aliphatic heterocycles. The maximum atomic E-state index is 10.6. The molecule has 0 aliphatic rings. The van der Waals surface area contributed by atoms with Crippen LogP contribution >= 0.6 is 0 Å². The second-order valence-corrected chi connectivity index (χ2v) is 3.58. The average Bonchev–Trinajstić information content (AvgIpc) is 2.37. The van der Waals surface area contributed by atoms with Gasteiger partial charge in [-0.2, -0.15) is 0 Å². The van der Waals surface area contributed by atoms with Gasteiger partial charge >= 0.3 is 0 Å². The minimum atomic E-state index is -0.927. The molecule has 0 fully saturated rings. The molecule has 6 nitrogen and oxygen atoms in total. The molecule has 0 aliphatic carbocycles. The van der Waals surface area contributed by atoms with Crippen LogP contribution in [0.5, 0.6) is 5.75 Å². The van der Waals surface area contributed by atoms with Crippen molar-refractivity contribution in [2.45, 2.75) is 19.1 Å². The smallest absolute Gasteiger partial charge is 0.122 e. The summed E-state index contributed by atoms with van der Waals surface area (Å²) in [5.41, 5.74) is 1.02. The van der Waals surface area contributed by atoms with E-state index in [0.29, 0.717) is 16.9 Å². The van der Waals surface area contributed by atoms with Gasteiger partial charge in [-0.3, -0.25) is 0 Å². The Morgan fingerprint density at radius 1 is 1.35 bits per heavy atom. The number of hydrogen-bond acceptors (Lipinski definition) is 6. The van der Waals surface area contributed by atoms with Gasteiger partial charge in [-0.05, 0) is 22.9 Å². The second kappa shape index (κ2) is 6.29. The lowest BCUT2D eigenvalue weighted by atomic mass is 10.0. The van der Waals surface area contributed by atoms with Crippen LogP contribution in [0.25, 0.3) is 0 Å². The molecule has 0 radical (unpaired) electrons. The normalized spacial score (nSPS) is 12.2. The van der Waals surface area contributed by atoms with E-state index in [2.05, 4.69) is 5.18 Å². The van der Waals surface area contributed by atoms with Crippen LogP contribution in [0.1, 0.15) is 11.1 Å². The molecule has 0 bridgehead atoms. The minimum Gasteiger partial charge on any atom is -0.496 e. The van der Waals surface area contributed by atoms with Crippen molar-refractivity contribution in [2.75, 3.05) is 13.7 Å². The molecule has 17 heavy (non-hydrogen) atoms. The highest BCUT2D eigenvalue weighted by Crippen LogP contribution is 2.30.